The van der Waals surface area contributed by atoms with Crippen LogP contribution in [0.25, 0.3) is 0 Å². The molecular formula is C15H22ClN3O. The van der Waals surface area contributed by atoms with E-state index in [1.807, 2.05) is 11.8 Å². The second kappa shape index (κ2) is 6.55. The van der Waals surface area contributed by atoms with Crippen molar-refractivity contribution in [3.05, 3.63) is 28.5 Å². The van der Waals surface area contributed by atoms with Crippen LogP contribution in [-0.2, 0) is 0 Å². The molecule has 1 fully saturated rings. The van der Waals surface area contributed by atoms with Crippen molar-refractivity contribution in [3.8, 4) is 0 Å². The molecule has 1 amide bonds. The summed E-state index contributed by atoms with van der Waals surface area (Å²) in [5.41, 5.74) is 1.34. The topological polar surface area (TPSA) is 36.4 Å². The Balaban J connectivity index is 2.08. The summed E-state index contributed by atoms with van der Waals surface area (Å²) in [6.07, 6.45) is 2.62. The number of halogens is 1. The van der Waals surface area contributed by atoms with E-state index in [4.69, 9.17) is 11.6 Å². The van der Waals surface area contributed by atoms with Gasteiger partial charge >= 0.3 is 0 Å². The van der Waals surface area contributed by atoms with Crippen LogP contribution in [0.4, 0.5) is 0 Å². The normalized spacial score (nSPS) is 18.9. The van der Waals surface area contributed by atoms with Crippen LogP contribution < -0.4 is 0 Å². The lowest BCUT2D eigenvalue weighted by Crippen LogP contribution is -2.38. The van der Waals surface area contributed by atoms with Crippen molar-refractivity contribution < 1.29 is 4.79 Å². The minimum Gasteiger partial charge on any atom is -0.337 e. The molecule has 1 atom stereocenters. The standard InChI is InChI=1S/C15H22ClN3O/c1-4-18(5-2)12-6-7-19(10-12)15(20)13-9-17-11(3)8-14(13)16/h8-9,12H,4-7,10H2,1-3H3. The van der Waals surface area contributed by atoms with Gasteiger partial charge in [-0.3, -0.25) is 14.7 Å². The Kier molecular flexibility index (Phi) is 5.00. The van der Waals surface area contributed by atoms with Gasteiger partial charge in [-0.15, -0.1) is 0 Å². The third-order valence-electron chi connectivity index (χ3n) is 4.00. The SMILES string of the molecule is CCN(CC)C1CCN(C(=O)c2cnc(C)cc2Cl)C1. The highest BCUT2D eigenvalue weighted by Crippen LogP contribution is 2.22. The molecule has 0 radical (unpaired) electrons. The number of hydrogen-bond donors (Lipinski definition) is 0. The summed E-state index contributed by atoms with van der Waals surface area (Å²) < 4.78 is 0. The monoisotopic (exact) mass is 295 g/mol. The number of pyridine rings is 1. The third-order valence-corrected chi connectivity index (χ3v) is 4.31. The Morgan fingerprint density at radius 2 is 2.20 bits per heavy atom. The molecule has 1 aromatic heterocycles. The zero-order valence-corrected chi connectivity index (χ0v) is 13.2. The molecule has 0 spiro atoms. The highest BCUT2D eigenvalue weighted by Gasteiger charge is 2.30. The summed E-state index contributed by atoms with van der Waals surface area (Å²) >= 11 is 6.16. The molecule has 1 aromatic rings. The number of amides is 1. The number of aryl methyl sites for hydroxylation is 1. The summed E-state index contributed by atoms with van der Waals surface area (Å²) in [7, 11) is 0. The second-order valence-corrected chi connectivity index (χ2v) is 5.63. The Bertz CT molecular complexity index is 488. The van der Waals surface area contributed by atoms with Gasteiger partial charge in [0.2, 0.25) is 0 Å². The van der Waals surface area contributed by atoms with Crippen LogP contribution in [0.5, 0.6) is 0 Å². The van der Waals surface area contributed by atoms with Crippen molar-refractivity contribution in [1.29, 1.82) is 0 Å². The molecule has 1 aliphatic heterocycles. The molecule has 1 unspecified atom stereocenters. The molecule has 0 N–H and O–H groups in total. The highest BCUT2D eigenvalue weighted by atomic mass is 35.5. The first-order valence-corrected chi connectivity index (χ1v) is 7.60. The first kappa shape index (κ1) is 15.3. The van der Waals surface area contributed by atoms with E-state index in [0.717, 1.165) is 38.3 Å². The molecule has 0 saturated carbocycles. The minimum atomic E-state index is -0.00263. The van der Waals surface area contributed by atoms with Gasteiger partial charge in [0.25, 0.3) is 5.91 Å². The van der Waals surface area contributed by atoms with Gasteiger partial charge < -0.3 is 4.90 Å². The lowest BCUT2D eigenvalue weighted by Gasteiger charge is -2.26. The molecule has 0 aliphatic carbocycles. The largest absolute Gasteiger partial charge is 0.337 e. The molecule has 2 rings (SSSR count). The summed E-state index contributed by atoms with van der Waals surface area (Å²) in [6, 6.07) is 2.21. The van der Waals surface area contributed by atoms with Gasteiger partial charge in [0.05, 0.1) is 10.6 Å². The predicted octanol–water partition coefficient (Wildman–Crippen LogP) is 2.60. The lowest BCUT2D eigenvalue weighted by molar-refractivity contribution is 0.0777. The number of likely N-dealkylation sites (tertiary alicyclic amines) is 1. The van der Waals surface area contributed by atoms with Crippen LogP contribution in [0, 0.1) is 6.92 Å². The number of rotatable bonds is 4. The van der Waals surface area contributed by atoms with Crippen molar-refractivity contribution >= 4 is 17.5 Å². The molecule has 0 bridgehead atoms. The maximum Gasteiger partial charge on any atom is 0.256 e. The first-order chi connectivity index (χ1) is 9.56. The summed E-state index contributed by atoms with van der Waals surface area (Å²) in [5.74, 6) is -0.00263. The molecule has 20 heavy (non-hydrogen) atoms. The van der Waals surface area contributed by atoms with Crippen LogP contribution in [-0.4, -0.2) is 52.9 Å². The Morgan fingerprint density at radius 1 is 1.50 bits per heavy atom. The fourth-order valence-corrected chi connectivity index (χ4v) is 3.11. The zero-order valence-electron chi connectivity index (χ0n) is 12.4. The predicted molar refractivity (Wildman–Crippen MR) is 81.2 cm³/mol. The molecular weight excluding hydrogens is 274 g/mol. The molecule has 110 valence electrons. The van der Waals surface area contributed by atoms with Crippen LogP contribution in [0.1, 0.15) is 36.3 Å². The van der Waals surface area contributed by atoms with E-state index in [1.54, 1.807) is 12.3 Å². The van der Waals surface area contributed by atoms with Gasteiger partial charge in [0.15, 0.2) is 0 Å². The highest BCUT2D eigenvalue weighted by molar-refractivity contribution is 6.33. The Hall–Kier alpha value is -1.13. The Morgan fingerprint density at radius 3 is 2.80 bits per heavy atom. The average molecular weight is 296 g/mol. The van der Waals surface area contributed by atoms with Crippen molar-refractivity contribution in [3.63, 3.8) is 0 Å². The smallest absolute Gasteiger partial charge is 0.256 e. The minimum absolute atomic E-state index is 0.00263. The van der Waals surface area contributed by atoms with Gasteiger partial charge in [0.1, 0.15) is 0 Å². The van der Waals surface area contributed by atoms with Gasteiger partial charge in [-0.2, -0.15) is 0 Å². The number of likely N-dealkylation sites (N-methyl/N-ethyl adjacent to an activating group) is 1. The molecule has 1 saturated heterocycles. The van der Waals surface area contributed by atoms with E-state index in [1.165, 1.54) is 0 Å². The summed E-state index contributed by atoms with van der Waals surface area (Å²) in [6.45, 7) is 9.82. The van der Waals surface area contributed by atoms with Crippen molar-refractivity contribution in [2.75, 3.05) is 26.2 Å². The van der Waals surface area contributed by atoms with Crippen LogP contribution >= 0.6 is 11.6 Å². The van der Waals surface area contributed by atoms with E-state index in [0.29, 0.717) is 16.6 Å². The third kappa shape index (κ3) is 3.13. The summed E-state index contributed by atoms with van der Waals surface area (Å²) in [5, 5.41) is 0.494. The average Bonchev–Trinajstić information content (AvgIpc) is 2.89. The fourth-order valence-electron chi connectivity index (χ4n) is 2.82. The van der Waals surface area contributed by atoms with Gasteiger partial charge in [-0.1, -0.05) is 25.4 Å². The Labute approximate surface area is 125 Å². The van der Waals surface area contributed by atoms with Crippen molar-refractivity contribution in [2.24, 2.45) is 0 Å². The molecule has 5 heteroatoms. The lowest BCUT2D eigenvalue weighted by atomic mass is 10.2. The van der Waals surface area contributed by atoms with Crippen LogP contribution in [0.3, 0.4) is 0 Å². The van der Waals surface area contributed by atoms with Crippen LogP contribution in [0.2, 0.25) is 5.02 Å². The van der Waals surface area contributed by atoms with E-state index in [9.17, 15) is 4.79 Å². The van der Waals surface area contributed by atoms with Gasteiger partial charge in [-0.05, 0) is 32.5 Å². The number of carbonyl (C=O) groups is 1. The molecule has 1 aliphatic rings. The maximum atomic E-state index is 12.5. The number of carbonyl (C=O) groups excluding carboxylic acids is 1. The van der Waals surface area contributed by atoms with Crippen molar-refractivity contribution in [1.82, 2.24) is 14.8 Å². The first-order valence-electron chi connectivity index (χ1n) is 7.22. The van der Waals surface area contributed by atoms with Crippen LogP contribution in [0.15, 0.2) is 12.3 Å². The fraction of sp³-hybridized carbons (Fsp3) is 0.600. The molecule has 0 aromatic carbocycles. The van der Waals surface area contributed by atoms with Crippen molar-refractivity contribution in [2.45, 2.75) is 33.2 Å². The number of nitrogens with zero attached hydrogens (tertiary/aromatic N) is 3. The van der Waals surface area contributed by atoms with Gasteiger partial charge in [0, 0.05) is 31.0 Å². The maximum absolute atomic E-state index is 12.5. The zero-order chi connectivity index (χ0) is 14.7. The van der Waals surface area contributed by atoms with E-state index in [-0.39, 0.29) is 5.91 Å². The number of aromatic nitrogens is 1. The quantitative estimate of drug-likeness (QED) is 0.857. The van der Waals surface area contributed by atoms with E-state index < -0.39 is 0 Å². The van der Waals surface area contributed by atoms with E-state index in [2.05, 4.69) is 23.7 Å². The molecule has 4 nitrogen and oxygen atoms in total. The second-order valence-electron chi connectivity index (χ2n) is 5.22. The summed E-state index contributed by atoms with van der Waals surface area (Å²) in [4.78, 5) is 21.0. The van der Waals surface area contributed by atoms with E-state index >= 15 is 0 Å². The van der Waals surface area contributed by atoms with Gasteiger partial charge in [-0.25, -0.2) is 0 Å². The molecule has 2 heterocycles. The number of hydrogen-bond acceptors (Lipinski definition) is 3.